The van der Waals surface area contributed by atoms with Crippen molar-refractivity contribution in [3.05, 3.63) is 65.8 Å². The number of benzene rings is 2. The van der Waals surface area contributed by atoms with Gasteiger partial charge in [-0.2, -0.15) is 0 Å². The summed E-state index contributed by atoms with van der Waals surface area (Å²) >= 11 is 6.68. The molecule has 8 rings (SSSR count). The topological polar surface area (TPSA) is 29.3 Å². The molecule has 31 heavy (non-hydrogen) atoms. The summed E-state index contributed by atoms with van der Waals surface area (Å²) in [5.41, 5.74) is 3.17. The van der Waals surface area contributed by atoms with Crippen molar-refractivity contribution in [1.82, 2.24) is 9.38 Å². The van der Waals surface area contributed by atoms with Crippen LogP contribution in [0, 0.1) is 17.8 Å². The van der Waals surface area contributed by atoms with Gasteiger partial charge >= 0.3 is 0 Å². The van der Waals surface area contributed by atoms with Crippen molar-refractivity contribution in [2.24, 2.45) is 17.8 Å². The standard InChI is InChI=1S/C27H26ClN3/c28-23-8-4-3-7-22(23)24-26(30-27-14-17-11-18(15-27)13-19(12-17)16-27)31-10-9-20-5-1-2-6-21(20)25(31)29-24/h1-10,17-19,30H,11-16H2. The number of nitrogens with zero attached hydrogens (tertiary/aromatic N) is 2. The van der Waals surface area contributed by atoms with Gasteiger partial charge in [-0.25, -0.2) is 4.98 Å². The van der Waals surface area contributed by atoms with E-state index < -0.39 is 0 Å². The molecule has 3 nitrogen and oxygen atoms in total. The van der Waals surface area contributed by atoms with E-state index in [1.54, 1.807) is 0 Å². The molecule has 4 saturated carbocycles. The lowest BCUT2D eigenvalue weighted by Gasteiger charge is -2.57. The van der Waals surface area contributed by atoms with Gasteiger partial charge < -0.3 is 5.32 Å². The Balaban J connectivity index is 1.45. The Hall–Kier alpha value is -2.52. The molecule has 156 valence electrons. The van der Waals surface area contributed by atoms with Crippen LogP contribution >= 0.6 is 11.6 Å². The highest BCUT2D eigenvalue weighted by Crippen LogP contribution is 2.57. The highest BCUT2D eigenvalue weighted by Gasteiger charge is 2.51. The van der Waals surface area contributed by atoms with Crippen LogP contribution in [0.5, 0.6) is 0 Å². The molecule has 4 aliphatic carbocycles. The number of halogens is 1. The first kappa shape index (κ1) is 18.1. The van der Waals surface area contributed by atoms with Gasteiger partial charge in [-0.05, 0) is 73.8 Å². The first-order valence-electron chi connectivity index (χ1n) is 11.6. The van der Waals surface area contributed by atoms with Crippen molar-refractivity contribution < 1.29 is 0 Å². The predicted molar refractivity (Wildman–Crippen MR) is 128 cm³/mol. The molecule has 4 aliphatic rings. The fourth-order valence-electron chi connectivity index (χ4n) is 7.24. The number of hydrogen-bond donors (Lipinski definition) is 1. The molecule has 0 saturated heterocycles. The molecule has 0 spiro atoms. The largest absolute Gasteiger partial charge is 0.364 e. The lowest BCUT2D eigenvalue weighted by molar-refractivity contribution is 0.0105. The molecule has 2 aromatic carbocycles. The number of anilines is 1. The zero-order valence-corrected chi connectivity index (χ0v) is 18.3. The highest BCUT2D eigenvalue weighted by atomic mass is 35.5. The monoisotopic (exact) mass is 427 g/mol. The summed E-state index contributed by atoms with van der Waals surface area (Å²) in [7, 11) is 0. The quantitative estimate of drug-likeness (QED) is 0.375. The van der Waals surface area contributed by atoms with Crippen molar-refractivity contribution in [3.8, 4) is 11.3 Å². The maximum Gasteiger partial charge on any atom is 0.147 e. The maximum absolute atomic E-state index is 6.68. The van der Waals surface area contributed by atoms with Crippen molar-refractivity contribution >= 4 is 33.8 Å². The van der Waals surface area contributed by atoms with Gasteiger partial charge in [0.1, 0.15) is 17.2 Å². The van der Waals surface area contributed by atoms with Crippen molar-refractivity contribution in [3.63, 3.8) is 0 Å². The second-order valence-electron chi connectivity index (χ2n) is 10.2. The fraction of sp³-hybridized carbons (Fsp3) is 0.370. The molecule has 4 fully saturated rings. The van der Waals surface area contributed by atoms with Gasteiger partial charge in [-0.15, -0.1) is 0 Å². The number of aromatic nitrogens is 2. The van der Waals surface area contributed by atoms with Gasteiger partial charge in [-0.1, -0.05) is 54.1 Å². The Morgan fingerprint density at radius 2 is 1.55 bits per heavy atom. The van der Waals surface area contributed by atoms with Crippen molar-refractivity contribution in [2.75, 3.05) is 5.32 Å². The molecule has 2 aromatic heterocycles. The van der Waals surface area contributed by atoms with E-state index in [1.165, 1.54) is 49.3 Å². The number of fused-ring (bicyclic) bond motifs is 3. The van der Waals surface area contributed by atoms with E-state index in [2.05, 4.69) is 58.4 Å². The van der Waals surface area contributed by atoms with Crippen LogP contribution in [-0.4, -0.2) is 14.9 Å². The Bertz CT molecular complexity index is 1290. The molecule has 2 heterocycles. The second-order valence-corrected chi connectivity index (χ2v) is 10.6. The third-order valence-electron chi connectivity index (χ3n) is 8.07. The van der Waals surface area contributed by atoms with E-state index in [0.29, 0.717) is 0 Å². The van der Waals surface area contributed by atoms with Gasteiger partial charge in [0.2, 0.25) is 0 Å². The van der Waals surface area contributed by atoms with Gasteiger partial charge in [-0.3, -0.25) is 4.40 Å². The maximum atomic E-state index is 6.68. The Labute approximate surface area is 187 Å². The summed E-state index contributed by atoms with van der Waals surface area (Å²) in [6.45, 7) is 0. The fourth-order valence-corrected chi connectivity index (χ4v) is 7.47. The molecule has 0 amide bonds. The minimum atomic E-state index is 0.201. The van der Waals surface area contributed by atoms with E-state index in [9.17, 15) is 0 Å². The van der Waals surface area contributed by atoms with Crippen LogP contribution in [-0.2, 0) is 0 Å². The molecule has 4 bridgehead atoms. The summed E-state index contributed by atoms with van der Waals surface area (Å²) in [6, 6.07) is 18.8. The minimum Gasteiger partial charge on any atom is -0.364 e. The number of rotatable bonds is 3. The van der Waals surface area contributed by atoms with Gasteiger partial charge in [0.15, 0.2) is 0 Å². The summed E-state index contributed by atoms with van der Waals surface area (Å²) in [4.78, 5) is 5.19. The molecule has 0 aliphatic heterocycles. The van der Waals surface area contributed by atoms with Crippen LogP contribution in [0.25, 0.3) is 27.7 Å². The smallest absolute Gasteiger partial charge is 0.147 e. The normalized spacial score (nSPS) is 29.1. The van der Waals surface area contributed by atoms with E-state index in [1.807, 2.05) is 12.1 Å². The lowest BCUT2D eigenvalue weighted by Crippen LogP contribution is -2.55. The van der Waals surface area contributed by atoms with E-state index in [4.69, 9.17) is 16.6 Å². The lowest BCUT2D eigenvalue weighted by atomic mass is 9.53. The third kappa shape index (κ3) is 2.75. The Morgan fingerprint density at radius 3 is 2.29 bits per heavy atom. The number of pyridine rings is 1. The van der Waals surface area contributed by atoms with Crippen molar-refractivity contribution in [2.45, 2.75) is 44.1 Å². The van der Waals surface area contributed by atoms with Gasteiger partial charge in [0.25, 0.3) is 0 Å². The van der Waals surface area contributed by atoms with Crippen LogP contribution in [0.1, 0.15) is 38.5 Å². The SMILES string of the molecule is Clc1ccccc1-c1nc2c3ccccc3ccn2c1NC12CC3CC(CC(C3)C1)C2. The Kier molecular flexibility index (Phi) is 3.79. The van der Waals surface area contributed by atoms with Crippen LogP contribution < -0.4 is 5.32 Å². The molecule has 0 unspecified atom stereocenters. The van der Waals surface area contributed by atoms with E-state index in [-0.39, 0.29) is 5.54 Å². The molecule has 1 N–H and O–H groups in total. The van der Waals surface area contributed by atoms with Crippen LogP contribution in [0.4, 0.5) is 5.82 Å². The highest BCUT2D eigenvalue weighted by molar-refractivity contribution is 6.33. The molecule has 0 atom stereocenters. The molecule has 4 heteroatoms. The number of nitrogens with one attached hydrogen (secondary N) is 1. The average Bonchev–Trinajstić information content (AvgIpc) is 3.11. The van der Waals surface area contributed by atoms with E-state index >= 15 is 0 Å². The average molecular weight is 428 g/mol. The zero-order valence-electron chi connectivity index (χ0n) is 17.5. The molecule has 0 radical (unpaired) electrons. The predicted octanol–water partition coefficient (Wildman–Crippen LogP) is 7.19. The summed E-state index contributed by atoms with van der Waals surface area (Å²) in [5.74, 6) is 3.78. The first-order valence-corrected chi connectivity index (χ1v) is 12.0. The number of imidazole rings is 1. The van der Waals surface area contributed by atoms with E-state index in [0.717, 1.165) is 45.5 Å². The Morgan fingerprint density at radius 1 is 0.871 bits per heavy atom. The molecular weight excluding hydrogens is 402 g/mol. The van der Waals surface area contributed by atoms with Crippen LogP contribution in [0.3, 0.4) is 0 Å². The molecule has 4 aromatic rings. The third-order valence-corrected chi connectivity index (χ3v) is 8.40. The first-order chi connectivity index (χ1) is 15.2. The summed E-state index contributed by atoms with van der Waals surface area (Å²) in [5, 5.41) is 7.26. The summed E-state index contributed by atoms with van der Waals surface area (Å²) < 4.78 is 2.26. The second kappa shape index (κ2) is 6.49. The zero-order chi connectivity index (χ0) is 20.6. The van der Waals surface area contributed by atoms with Gasteiger partial charge in [0, 0.05) is 22.7 Å². The van der Waals surface area contributed by atoms with Crippen LogP contribution in [0.15, 0.2) is 60.8 Å². The minimum absolute atomic E-state index is 0.201. The molecular formula is C27H26ClN3. The van der Waals surface area contributed by atoms with Crippen LogP contribution in [0.2, 0.25) is 5.02 Å². The summed E-state index contributed by atoms with van der Waals surface area (Å²) in [6.07, 6.45) is 10.4. The van der Waals surface area contributed by atoms with Crippen molar-refractivity contribution in [1.29, 1.82) is 0 Å². The van der Waals surface area contributed by atoms with Gasteiger partial charge in [0.05, 0.1) is 5.02 Å². The number of hydrogen-bond acceptors (Lipinski definition) is 2.